The lowest BCUT2D eigenvalue weighted by Crippen LogP contribution is -2.08. The Balaban J connectivity index is 3.00. The van der Waals surface area contributed by atoms with Gasteiger partial charge in [0.1, 0.15) is 4.99 Å². The first-order valence-corrected chi connectivity index (χ1v) is 5.04. The van der Waals surface area contributed by atoms with Crippen molar-refractivity contribution in [3.8, 4) is 0 Å². The summed E-state index contributed by atoms with van der Waals surface area (Å²) < 4.78 is 0. The van der Waals surface area contributed by atoms with E-state index in [4.69, 9.17) is 18.0 Å². The smallest absolute Gasteiger partial charge is 0.114 e. The zero-order valence-corrected chi connectivity index (χ0v) is 9.18. The molecule has 3 heteroatoms. The van der Waals surface area contributed by atoms with Crippen molar-refractivity contribution in [2.45, 2.75) is 26.2 Å². The molecule has 1 aromatic rings. The van der Waals surface area contributed by atoms with E-state index in [1.165, 1.54) is 4.88 Å². The Morgan fingerprint density at radius 2 is 2.00 bits per heavy atom. The van der Waals surface area contributed by atoms with Crippen LogP contribution >= 0.6 is 23.6 Å². The second-order valence-corrected chi connectivity index (χ2v) is 5.30. The predicted octanol–water partition coefficient (Wildman–Crippen LogP) is 2.68. The lowest BCUT2D eigenvalue weighted by molar-refractivity contribution is 0.604. The molecule has 1 nitrogen and oxygen atoms in total. The van der Waals surface area contributed by atoms with Gasteiger partial charge >= 0.3 is 0 Å². The molecule has 0 aliphatic rings. The van der Waals surface area contributed by atoms with Gasteiger partial charge in [-0.1, -0.05) is 33.0 Å². The van der Waals surface area contributed by atoms with Gasteiger partial charge in [0.15, 0.2) is 0 Å². The monoisotopic (exact) mass is 199 g/mol. The third kappa shape index (κ3) is 2.05. The number of hydrogen-bond acceptors (Lipinski definition) is 2. The summed E-state index contributed by atoms with van der Waals surface area (Å²) in [6.07, 6.45) is 0. The quantitative estimate of drug-likeness (QED) is 0.704. The fourth-order valence-corrected chi connectivity index (χ4v) is 1.98. The van der Waals surface area contributed by atoms with E-state index in [9.17, 15) is 0 Å². The van der Waals surface area contributed by atoms with Crippen molar-refractivity contribution in [1.29, 1.82) is 0 Å². The normalized spacial score (nSPS) is 11.6. The van der Waals surface area contributed by atoms with Crippen molar-refractivity contribution in [3.05, 3.63) is 21.9 Å². The van der Waals surface area contributed by atoms with Crippen molar-refractivity contribution in [2.24, 2.45) is 5.73 Å². The maximum Gasteiger partial charge on any atom is 0.114 e. The predicted molar refractivity (Wildman–Crippen MR) is 58.9 cm³/mol. The summed E-state index contributed by atoms with van der Waals surface area (Å²) in [4.78, 5) is 2.83. The Morgan fingerprint density at radius 3 is 2.25 bits per heavy atom. The Morgan fingerprint density at radius 1 is 1.42 bits per heavy atom. The summed E-state index contributed by atoms with van der Waals surface area (Å²) in [5, 5.41) is 0. The largest absolute Gasteiger partial charge is 0.389 e. The fourth-order valence-electron chi connectivity index (χ4n) is 0.873. The standard InChI is InChI=1S/C9H13NS2/c1-9(2,3)7-5-4-6(12-7)8(10)11/h4-5H,1-3H3,(H2,10,11). The zero-order chi connectivity index (χ0) is 9.35. The van der Waals surface area contributed by atoms with Gasteiger partial charge in [-0.05, 0) is 17.5 Å². The van der Waals surface area contributed by atoms with Crippen molar-refractivity contribution < 1.29 is 0 Å². The van der Waals surface area contributed by atoms with Crippen molar-refractivity contribution in [1.82, 2.24) is 0 Å². The molecule has 1 aromatic heterocycles. The van der Waals surface area contributed by atoms with Crippen LogP contribution in [0.4, 0.5) is 0 Å². The fraction of sp³-hybridized carbons (Fsp3) is 0.444. The van der Waals surface area contributed by atoms with Crippen LogP contribution in [0, 0.1) is 0 Å². The van der Waals surface area contributed by atoms with E-state index in [1.807, 2.05) is 6.07 Å². The molecule has 1 rings (SSSR count). The molecule has 0 aromatic carbocycles. The van der Waals surface area contributed by atoms with Crippen LogP contribution in [0.25, 0.3) is 0 Å². The van der Waals surface area contributed by atoms with Crippen LogP contribution in [-0.2, 0) is 5.41 Å². The topological polar surface area (TPSA) is 26.0 Å². The van der Waals surface area contributed by atoms with Crippen molar-refractivity contribution >= 4 is 28.5 Å². The molecule has 0 spiro atoms. The molecule has 0 amide bonds. The molecule has 0 aliphatic heterocycles. The summed E-state index contributed by atoms with van der Waals surface area (Å²) in [5.41, 5.74) is 5.71. The first-order chi connectivity index (χ1) is 5.41. The highest BCUT2D eigenvalue weighted by molar-refractivity contribution is 7.81. The van der Waals surface area contributed by atoms with Gasteiger partial charge in [-0.25, -0.2) is 0 Å². The van der Waals surface area contributed by atoms with E-state index in [0.29, 0.717) is 4.99 Å². The van der Waals surface area contributed by atoms with Crippen LogP contribution < -0.4 is 5.73 Å². The summed E-state index contributed by atoms with van der Waals surface area (Å²) in [5.74, 6) is 0. The van der Waals surface area contributed by atoms with E-state index in [1.54, 1.807) is 11.3 Å². The Bertz CT molecular complexity index is 294. The minimum atomic E-state index is 0.202. The molecule has 0 aliphatic carbocycles. The van der Waals surface area contributed by atoms with Crippen LogP contribution in [0.2, 0.25) is 0 Å². The highest BCUT2D eigenvalue weighted by Gasteiger charge is 2.16. The van der Waals surface area contributed by atoms with E-state index >= 15 is 0 Å². The van der Waals surface area contributed by atoms with Gasteiger partial charge in [0, 0.05) is 4.88 Å². The lowest BCUT2D eigenvalue weighted by Gasteiger charge is -2.15. The molecule has 0 atom stereocenters. The second kappa shape index (κ2) is 3.15. The first kappa shape index (κ1) is 9.68. The third-order valence-corrected chi connectivity index (χ3v) is 3.48. The van der Waals surface area contributed by atoms with E-state index in [0.717, 1.165) is 4.88 Å². The van der Waals surface area contributed by atoms with Crippen LogP contribution in [-0.4, -0.2) is 4.99 Å². The molecule has 0 fully saturated rings. The number of rotatable bonds is 1. The van der Waals surface area contributed by atoms with Gasteiger partial charge in [0.2, 0.25) is 0 Å². The van der Waals surface area contributed by atoms with Gasteiger partial charge in [0.05, 0.1) is 4.88 Å². The van der Waals surface area contributed by atoms with E-state index in [2.05, 4.69) is 26.8 Å². The molecule has 66 valence electrons. The van der Waals surface area contributed by atoms with Crippen molar-refractivity contribution in [2.75, 3.05) is 0 Å². The third-order valence-electron chi connectivity index (χ3n) is 1.59. The highest BCUT2D eigenvalue weighted by Crippen LogP contribution is 2.29. The Kier molecular flexibility index (Phi) is 2.54. The molecule has 0 bridgehead atoms. The number of hydrogen-bond donors (Lipinski definition) is 1. The van der Waals surface area contributed by atoms with Crippen LogP contribution in [0.1, 0.15) is 30.5 Å². The molecule has 0 saturated heterocycles. The average molecular weight is 199 g/mol. The van der Waals surface area contributed by atoms with Crippen LogP contribution in [0.5, 0.6) is 0 Å². The SMILES string of the molecule is CC(C)(C)c1ccc(C(N)=S)s1. The molecule has 0 unspecified atom stereocenters. The number of nitrogens with two attached hydrogens (primary N) is 1. The Hall–Kier alpha value is -0.410. The lowest BCUT2D eigenvalue weighted by atomic mass is 9.95. The highest BCUT2D eigenvalue weighted by atomic mass is 32.1. The maximum atomic E-state index is 5.51. The summed E-state index contributed by atoms with van der Waals surface area (Å²) in [6, 6.07) is 4.09. The number of thiophene rings is 1. The molecule has 2 N–H and O–H groups in total. The minimum absolute atomic E-state index is 0.202. The maximum absolute atomic E-state index is 5.51. The molecular weight excluding hydrogens is 186 g/mol. The van der Waals surface area contributed by atoms with Gasteiger partial charge in [0.25, 0.3) is 0 Å². The summed E-state index contributed by atoms with van der Waals surface area (Å²) in [6.45, 7) is 6.55. The van der Waals surface area contributed by atoms with Gasteiger partial charge in [-0.2, -0.15) is 0 Å². The first-order valence-electron chi connectivity index (χ1n) is 3.81. The summed E-state index contributed by atoms with van der Waals surface area (Å²) >= 11 is 6.57. The molecule has 0 saturated carbocycles. The van der Waals surface area contributed by atoms with Gasteiger partial charge in [-0.3, -0.25) is 0 Å². The Labute approximate surface area is 82.6 Å². The second-order valence-electron chi connectivity index (χ2n) is 3.78. The number of thiocarbonyl (C=S) groups is 1. The van der Waals surface area contributed by atoms with E-state index < -0.39 is 0 Å². The molecule has 1 heterocycles. The van der Waals surface area contributed by atoms with E-state index in [-0.39, 0.29) is 5.41 Å². The van der Waals surface area contributed by atoms with Crippen molar-refractivity contribution in [3.63, 3.8) is 0 Å². The van der Waals surface area contributed by atoms with Gasteiger partial charge < -0.3 is 5.73 Å². The molecular formula is C9H13NS2. The van der Waals surface area contributed by atoms with Crippen LogP contribution in [0.15, 0.2) is 12.1 Å². The average Bonchev–Trinajstić information content (AvgIpc) is 2.30. The minimum Gasteiger partial charge on any atom is -0.389 e. The van der Waals surface area contributed by atoms with Crippen LogP contribution in [0.3, 0.4) is 0 Å². The molecule has 12 heavy (non-hydrogen) atoms. The zero-order valence-electron chi connectivity index (χ0n) is 7.55. The molecule has 0 radical (unpaired) electrons. The summed E-state index contributed by atoms with van der Waals surface area (Å²) in [7, 11) is 0. The van der Waals surface area contributed by atoms with Gasteiger partial charge in [-0.15, -0.1) is 11.3 Å².